The van der Waals surface area contributed by atoms with Crippen LogP contribution < -0.4 is 15.5 Å². The van der Waals surface area contributed by atoms with Gasteiger partial charge in [-0.1, -0.05) is 0 Å². The zero-order valence-corrected chi connectivity index (χ0v) is 14.1. The lowest BCUT2D eigenvalue weighted by molar-refractivity contribution is -0.137. The smallest absolute Gasteiger partial charge is 0.340 e. The maximum absolute atomic E-state index is 13.5. The predicted molar refractivity (Wildman–Crippen MR) is 94.0 cm³/mol. The molecule has 4 heterocycles. The molecule has 0 aliphatic carbocycles. The van der Waals surface area contributed by atoms with E-state index >= 15 is 0 Å². The number of piperidine rings is 1. The summed E-state index contributed by atoms with van der Waals surface area (Å²) in [5.74, 6) is 0.0888. The molecule has 3 N–H and O–H groups in total. The van der Waals surface area contributed by atoms with Crippen molar-refractivity contribution in [2.75, 3.05) is 23.3 Å². The Morgan fingerprint density at radius 1 is 1.15 bits per heavy atom. The molecule has 2 unspecified atom stereocenters. The summed E-state index contributed by atoms with van der Waals surface area (Å²) in [4.78, 5) is 10.2. The van der Waals surface area contributed by atoms with Crippen LogP contribution in [0.2, 0.25) is 0 Å². The zero-order chi connectivity index (χ0) is 18.6. The molecule has 10 heteroatoms. The first-order valence-electron chi connectivity index (χ1n) is 8.62. The number of anilines is 3. The molecule has 2 bridgehead atoms. The molecule has 2 saturated heterocycles. The number of alkyl halides is 3. The summed E-state index contributed by atoms with van der Waals surface area (Å²) >= 11 is 0. The second-order valence-electron chi connectivity index (χ2n) is 6.84. The topological polar surface area (TPSA) is 81.8 Å². The Balaban J connectivity index is 1.52. The van der Waals surface area contributed by atoms with Crippen LogP contribution in [0.1, 0.15) is 12.0 Å². The van der Waals surface area contributed by atoms with Crippen molar-refractivity contribution < 1.29 is 13.2 Å². The molecule has 3 aromatic rings. The molecule has 2 aliphatic heterocycles. The van der Waals surface area contributed by atoms with Gasteiger partial charge in [-0.15, -0.1) is 0 Å². The molecule has 1 aromatic carbocycles. The number of rotatable bonds is 3. The standard InChI is InChI=1S/C17H16F3N7/c18-17(19,20)13-8-22-16(27-11-4-12(27)7-21-6-11)25-15(13)24-10-1-2-14-9(3-10)5-23-26-14/h1-3,5,8,11-12,21H,4,6-7H2,(H,23,26)(H,22,24,25). The normalized spacial score (nSPS) is 22.0. The molecule has 0 radical (unpaired) electrons. The number of H-pyrrole nitrogens is 1. The number of nitrogens with one attached hydrogen (secondary N) is 3. The van der Waals surface area contributed by atoms with E-state index in [-0.39, 0.29) is 17.9 Å². The van der Waals surface area contributed by atoms with Crippen LogP contribution in [-0.2, 0) is 6.18 Å². The van der Waals surface area contributed by atoms with E-state index in [1.807, 2.05) is 4.90 Å². The van der Waals surface area contributed by atoms with Crippen LogP contribution in [0.3, 0.4) is 0 Å². The average Bonchev–Trinajstić information content (AvgIpc) is 3.09. The molecule has 5 rings (SSSR count). The van der Waals surface area contributed by atoms with Crippen molar-refractivity contribution in [2.24, 2.45) is 0 Å². The van der Waals surface area contributed by atoms with Gasteiger partial charge in [0.1, 0.15) is 11.4 Å². The van der Waals surface area contributed by atoms with Gasteiger partial charge < -0.3 is 15.5 Å². The summed E-state index contributed by atoms with van der Waals surface area (Å²) in [6.07, 6.45) is -1.06. The minimum atomic E-state index is -4.55. The number of halogens is 3. The van der Waals surface area contributed by atoms with Crippen LogP contribution >= 0.6 is 0 Å². The number of hydrogen-bond donors (Lipinski definition) is 3. The monoisotopic (exact) mass is 375 g/mol. The van der Waals surface area contributed by atoms with Gasteiger partial charge in [-0.05, 0) is 24.6 Å². The fourth-order valence-electron chi connectivity index (χ4n) is 3.76. The number of nitrogens with zero attached hydrogens (tertiary/aromatic N) is 4. The number of hydrogen-bond acceptors (Lipinski definition) is 6. The van der Waals surface area contributed by atoms with Gasteiger partial charge in [0.05, 0.1) is 11.7 Å². The molecule has 27 heavy (non-hydrogen) atoms. The summed E-state index contributed by atoms with van der Waals surface area (Å²) in [6.45, 7) is 1.58. The molecule has 7 nitrogen and oxygen atoms in total. The summed E-state index contributed by atoms with van der Waals surface area (Å²) in [5.41, 5.74) is 0.424. The van der Waals surface area contributed by atoms with Gasteiger partial charge in [0.15, 0.2) is 0 Å². The van der Waals surface area contributed by atoms with Gasteiger partial charge in [-0.25, -0.2) is 4.98 Å². The van der Waals surface area contributed by atoms with Crippen LogP contribution in [0.25, 0.3) is 10.9 Å². The number of aromatic nitrogens is 4. The number of fused-ring (bicyclic) bond motifs is 3. The summed E-state index contributed by atoms with van der Waals surface area (Å²) < 4.78 is 40.4. The molecule has 0 amide bonds. The minimum absolute atomic E-state index is 0.232. The first-order chi connectivity index (χ1) is 13.0. The van der Waals surface area contributed by atoms with E-state index < -0.39 is 11.7 Å². The molecule has 2 aromatic heterocycles. The highest BCUT2D eigenvalue weighted by atomic mass is 19.4. The molecular weight excluding hydrogens is 359 g/mol. The molecule has 2 atom stereocenters. The van der Waals surface area contributed by atoms with Gasteiger partial charge in [-0.2, -0.15) is 23.3 Å². The summed E-state index contributed by atoms with van der Waals surface area (Å²) in [7, 11) is 0. The average molecular weight is 375 g/mol. The fourth-order valence-corrected chi connectivity index (χ4v) is 3.76. The molecule has 2 aliphatic rings. The molecule has 140 valence electrons. The SMILES string of the molecule is FC(F)(F)c1cnc(N2C3CNCC2C3)nc1Nc1ccc2[nH]ncc2c1. The quantitative estimate of drug-likeness (QED) is 0.653. The second kappa shape index (κ2) is 5.81. The van der Waals surface area contributed by atoms with Gasteiger partial charge >= 0.3 is 6.18 Å². The van der Waals surface area contributed by atoms with Crippen LogP contribution in [0.15, 0.2) is 30.6 Å². The Bertz CT molecular complexity index is 986. The van der Waals surface area contributed by atoms with Gasteiger partial charge in [0, 0.05) is 42.4 Å². The molecule has 0 spiro atoms. The zero-order valence-electron chi connectivity index (χ0n) is 14.1. The van der Waals surface area contributed by atoms with Crippen molar-refractivity contribution in [3.63, 3.8) is 0 Å². The van der Waals surface area contributed by atoms with Crippen molar-refractivity contribution in [3.05, 3.63) is 36.2 Å². The van der Waals surface area contributed by atoms with E-state index in [0.717, 1.165) is 36.6 Å². The van der Waals surface area contributed by atoms with E-state index in [9.17, 15) is 13.2 Å². The van der Waals surface area contributed by atoms with Crippen LogP contribution in [-0.4, -0.2) is 45.3 Å². The molecule has 0 saturated carbocycles. The van der Waals surface area contributed by atoms with E-state index in [4.69, 9.17) is 0 Å². The number of benzene rings is 1. The van der Waals surface area contributed by atoms with Crippen molar-refractivity contribution >= 4 is 28.4 Å². The second-order valence-corrected chi connectivity index (χ2v) is 6.84. The maximum atomic E-state index is 13.5. The van der Waals surface area contributed by atoms with Crippen molar-refractivity contribution in [1.29, 1.82) is 0 Å². The third-order valence-corrected chi connectivity index (χ3v) is 5.11. The Kier molecular flexibility index (Phi) is 3.51. The lowest BCUT2D eigenvalue weighted by Crippen LogP contribution is -2.68. The van der Waals surface area contributed by atoms with E-state index in [2.05, 4.69) is 30.8 Å². The highest BCUT2D eigenvalue weighted by Gasteiger charge is 2.44. The van der Waals surface area contributed by atoms with Gasteiger partial charge in [0.25, 0.3) is 0 Å². The van der Waals surface area contributed by atoms with Crippen molar-refractivity contribution in [3.8, 4) is 0 Å². The maximum Gasteiger partial charge on any atom is 0.421 e. The van der Waals surface area contributed by atoms with E-state index in [1.54, 1.807) is 24.4 Å². The van der Waals surface area contributed by atoms with E-state index in [1.165, 1.54) is 0 Å². The van der Waals surface area contributed by atoms with Crippen LogP contribution in [0.4, 0.5) is 30.6 Å². The largest absolute Gasteiger partial charge is 0.421 e. The highest BCUT2D eigenvalue weighted by Crippen LogP contribution is 2.38. The number of piperazine rings is 1. The summed E-state index contributed by atoms with van der Waals surface area (Å²) in [5, 5.41) is 13.6. The van der Waals surface area contributed by atoms with Gasteiger partial charge in [0.2, 0.25) is 5.95 Å². The minimum Gasteiger partial charge on any atom is -0.340 e. The van der Waals surface area contributed by atoms with Crippen LogP contribution in [0, 0.1) is 0 Å². The Morgan fingerprint density at radius 2 is 1.96 bits per heavy atom. The molecule has 2 fully saturated rings. The lowest BCUT2D eigenvalue weighted by atomic mass is 9.89. The van der Waals surface area contributed by atoms with Crippen molar-refractivity contribution in [1.82, 2.24) is 25.5 Å². The van der Waals surface area contributed by atoms with Crippen LogP contribution in [0.5, 0.6) is 0 Å². The third-order valence-electron chi connectivity index (χ3n) is 5.11. The Labute approximate surface area is 152 Å². The first kappa shape index (κ1) is 16.3. The third kappa shape index (κ3) is 2.76. The lowest BCUT2D eigenvalue weighted by Gasteiger charge is -2.53. The molecular formula is C17H16F3N7. The predicted octanol–water partition coefficient (Wildman–Crippen LogP) is 2.67. The number of aromatic amines is 1. The Morgan fingerprint density at radius 3 is 2.70 bits per heavy atom. The van der Waals surface area contributed by atoms with E-state index in [0.29, 0.717) is 11.6 Å². The Hall–Kier alpha value is -2.88. The fraction of sp³-hybridized carbons (Fsp3) is 0.353. The highest BCUT2D eigenvalue weighted by molar-refractivity contribution is 5.82. The van der Waals surface area contributed by atoms with Crippen molar-refractivity contribution in [2.45, 2.75) is 24.7 Å². The first-order valence-corrected chi connectivity index (χ1v) is 8.62. The van der Waals surface area contributed by atoms with Gasteiger partial charge in [-0.3, -0.25) is 5.10 Å². The summed E-state index contributed by atoms with van der Waals surface area (Å²) in [6, 6.07) is 5.63.